The molecule has 1 unspecified atom stereocenters. The molecule has 3 rings (SSSR count). The highest BCUT2D eigenvalue weighted by atomic mass is 19.1. The lowest BCUT2D eigenvalue weighted by Gasteiger charge is -2.28. The molecular formula is C20H24FN3O3. The fraction of sp³-hybridized carbons (Fsp3) is 0.450. The number of urea groups is 1. The van der Waals surface area contributed by atoms with Crippen LogP contribution in [0.3, 0.4) is 0 Å². The Morgan fingerprint density at radius 3 is 2.52 bits per heavy atom. The maximum atomic E-state index is 13.2. The van der Waals surface area contributed by atoms with Gasteiger partial charge in [0.15, 0.2) is 0 Å². The Morgan fingerprint density at radius 2 is 1.93 bits per heavy atom. The molecular weight excluding hydrogens is 349 g/mol. The molecule has 0 saturated carbocycles. The van der Waals surface area contributed by atoms with Crippen molar-refractivity contribution in [3.05, 3.63) is 41.9 Å². The van der Waals surface area contributed by atoms with Crippen LogP contribution < -0.4 is 4.90 Å². The third-order valence-corrected chi connectivity index (χ3v) is 5.08. The van der Waals surface area contributed by atoms with E-state index in [9.17, 15) is 18.8 Å². The molecule has 1 fully saturated rings. The van der Waals surface area contributed by atoms with E-state index in [1.807, 2.05) is 6.92 Å². The standard InChI is InChI=1S/C20H24FN3O3/c1-3-22(16-7-5-4-6-8-16)18(25)13-23-19(26)14(2)24(20(23)27)17-11-9-15(21)10-12-17/h7,9-12,14H,3-6,8,13H2,1-2H3. The van der Waals surface area contributed by atoms with Crippen molar-refractivity contribution >= 4 is 23.5 Å². The Hall–Kier alpha value is -2.70. The van der Waals surface area contributed by atoms with E-state index in [1.165, 1.54) is 29.2 Å². The second-order valence-corrected chi connectivity index (χ2v) is 6.81. The molecule has 0 aromatic heterocycles. The Bertz CT molecular complexity index is 775. The molecule has 1 aliphatic heterocycles. The Labute approximate surface area is 158 Å². The minimum atomic E-state index is -0.736. The van der Waals surface area contributed by atoms with Crippen LogP contribution in [0.4, 0.5) is 14.9 Å². The minimum Gasteiger partial charge on any atom is -0.315 e. The van der Waals surface area contributed by atoms with Crippen molar-refractivity contribution in [3.8, 4) is 0 Å². The predicted octanol–water partition coefficient (Wildman–Crippen LogP) is 3.29. The maximum absolute atomic E-state index is 13.2. The first-order valence-corrected chi connectivity index (χ1v) is 9.33. The van der Waals surface area contributed by atoms with Crippen molar-refractivity contribution in [2.24, 2.45) is 0 Å². The van der Waals surface area contributed by atoms with Crippen molar-refractivity contribution in [2.75, 3.05) is 18.0 Å². The number of anilines is 1. The van der Waals surface area contributed by atoms with Crippen molar-refractivity contribution in [1.82, 2.24) is 9.80 Å². The normalized spacial score (nSPS) is 20.1. The summed E-state index contributed by atoms with van der Waals surface area (Å²) in [5.74, 6) is -1.11. The summed E-state index contributed by atoms with van der Waals surface area (Å²) in [4.78, 5) is 42.1. The molecule has 1 aromatic carbocycles. The number of rotatable bonds is 5. The van der Waals surface area contributed by atoms with Crippen LogP contribution in [0.25, 0.3) is 0 Å². The van der Waals surface area contributed by atoms with Gasteiger partial charge in [0, 0.05) is 17.9 Å². The number of likely N-dealkylation sites (N-methyl/N-ethyl adjacent to an activating group) is 1. The molecule has 2 aliphatic rings. The van der Waals surface area contributed by atoms with Crippen LogP contribution in [-0.4, -0.2) is 46.8 Å². The zero-order valence-electron chi connectivity index (χ0n) is 15.7. The van der Waals surface area contributed by atoms with Crippen LogP contribution in [0.1, 0.15) is 39.5 Å². The van der Waals surface area contributed by atoms with Gasteiger partial charge in [-0.2, -0.15) is 0 Å². The number of allylic oxidation sites excluding steroid dienone is 2. The highest BCUT2D eigenvalue weighted by molar-refractivity contribution is 6.15. The van der Waals surface area contributed by atoms with Gasteiger partial charge in [-0.05, 0) is 63.8 Å². The van der Waals surface area contributed by atoms with Crippen LogP contribution in [0.2, 0.25) is 0 Å². The molecule has 0 spiro atoms. The molecule has 0 radical (unpaired) electrons. The molecule has 1 aromatic rings. The first-order chi connectivity index (χ1) is 12.9. The number of carbonyl (C=O) groups excluding carboxylic acids is 3. The van der Waals surface area contributed by atoms with Gasteiger partial charge < -0.3 is 4.90 Å². The summed E-state index contributed by atoms with van der Waals surface area (Å²) in [5.41, 5.74) is 1.40. The van der Waals surface area contributed by atoms with Gasteiger partial charge >= 0.3 is 6.03 Å². The van der Waals surface area contributed by atoms with E-state index in [1.54, 1.807) is 11.8 Å². The first kappa shape index (κ1) is 19.1. The summed E-state index contributed by atoms with van der Waals surface area (Å²) >= 11 is 0. The fourth-order valence-corrected chi connectivity index (χ4v) is 3.63. The van der Waals surface area contributed by atoms with Crippen molar-refractivity contribution in [2.45, 2.75) is 45.6 Å². The number of hydrogen-bond donors (Lipinski definition) is 0. The highest BCUT2D eigenvalue weighted by Gasteiger charge is 2.44. The topological polar surface area (TPSA) is 60.9 Å². The van der Waals surface area contributed by atoms with Gasteiger partial charge in [-0.1, -0.05) is 6.08 Å². The largest absolute Gasteiger partial charge is 0.332 e. The Kier molecular flexibility index (Phi) is 5.58. The zero-order valence-corrected chi connectivity index (χ0v) is 15.7. The van der Waals surface area contributed by atoms with Gasteiger partial charge in [-0.15, -0.1) is 0 Å². The Balaban J connectivity index is 1.77. The quantitative estimate of drug-likeness (QED) is 0.744. The summed E-state index contributed by atoms with van der Waals surface area (Å²) in [6, 6.07) is 4.09. The molecule has 1 heterocycles. The van der Waals surface area contributed by atoms with E-state index >= 15 is 0 Å². The van der Waals surface area contributed by atoms with Crippen LogP contribution in [-0.2, 0) is 9.59 Å². The highest BCUT2D eigenvalue weighted by Crippen LogP contribution is 2.27. The second kappa shape index (κ2) is 7.90. The monoisotopic (exact) mass is 373 g/mol. The fourth-order valence-electron chi connectivity index (χ4n) is 3.63. The van der Waals surface area contributed by atoms with E-state index in [4.69, 9.17) is 0 Å². The van der Waals surface area contributed by atoms with Crippen LogP contribution in [0.15, 0.2) is 36.0 Å². The van der Waals surface area contributed by atoms with E-state index in [0.717, 1.165) is 36.3 Å². The number of benzene rings is 1. The van der Waals surface area contributed by atoms with Gasteiger partial charge in [-0.3, -0.25) is 19.4 Å². The molecule has 4 amide bonds. The van der Waals surface area contributed by atoms with E-state index < -0.39 is 23.8 Å². The number of carbonyl (C=O) groups is 3. The van der Waals surface area contributed by atoms with Gasteiger partial charge in [-0.25, -0.2) is 9.18 Å². The van der Waals surface area contributed by atoms with Crippen molar-refractivity contribution in [3.63, 3.8) is 0 Å². The van der Waals surface area contributed by atoms with Gasteiger partial charge in [0.2, 0.25) is 5.91 Å². The third-order valence-electron chi connectivity index (χ3n) is 5.08. The number of nitrogens with zero attached hydrogens (tertiary/aromatic N) is 3. The number of amides is 4. The zero-order chi connectivity index (χ0) is 19.6. The number of halogens is 1. The van der Waals surface area contributed by atoms with Gasteiger partial charge in [0.1, 0.15) is 18.4 Å². The first-order valence-electron chi connectivity index (χ1n) is 9.33. The second-order valence-electron chi connectivity index (χ2n) is 6.81. The average molecular weight is 373 g/mol. The van der Waals surface area contributed by atoms with Crippen LogP contribution >= 0.6 is 0 Å². The molecule has 27 heavy (non-hydrogen) atoms. The molecule has 7 heteroatoms. The summed E-state index contributed by atoms with van der Waals surface area (Å²) in [6.45, 7) is 3.70. The Morgan fingerprint density at radius 1 is 1.22 bits per heavy atom. The predicted molar refractivity (Wildman–Crippen MR) is 99.4 cm³/mol. The van der Waals surface area contributed by atoms with Crippen molar-refractivity contribution < 1.29 is 18.8 Å². The molecule has 0 N–H and O–H groups in total. The molecule has 1 saturated heterocycles. The SMILES string of the molecule is CCN(C(=O)CN1C(=O)C(C)N(c2ccc(F)cc2)C1=O)C1=CCCCC1. The molecule has 1 atom stereocenters. The molecule has 144 valence electrons. The average Bonchev–Trinajstić information content (AvgIpc) is 2.88. The third kappa shape index (κ3) is 3.72. The lowest BCUT2D eigenvalue weighted by atomic mass is 10.0. The molecule has 0 bridgehead atoms. The van der Waals surface area contributed by atoms with Gasteiger partial charge in [0.25, 0.3) is 5.91 Å². The van der Waals surface area contributed by atoms with Crippen LogP contribution in [0.5, 0.6) is 0 Å². The lowest BCUT2D eigenvalue weighted by Crippen LogP contribution is -2.43. The number of hydrogen-bond acceptors (Lipinski definition) is 3. The number of imide groups is 1. The lowest BCUT2D eigenvalue weighted by molar-refractivity contribution is -0.136. The summed E-state index contributed by atoms with van der Waals surface area (Å²) in [6.07, 6.45) is 5.98. The van der Waals surface area contributed by atoms with Crippen LogP contribution in [0, 0.1) is 5.82 Å². The summed E-state index contributed by atoms with van der Waals surface area (Å²) in [5, 5.41) is 0. The minimum absolute atomic E-state index is 0.263. The molecule has 6 nitrogen and oxygen atoms in total. The van der Waals surface area contributed by atoms with E-state index in [2.05, 4.69) is 6.08 Å². The van der Waals surface area contributed by atoms with E-state index in [0.29, 0.717) is 12.2 Å². The van der Waals surface area contributed by atoms with Gasteiger partial charge in [0.05, 0.1) is 0 Å². The molecule has 1 aliphatic carbocycles. The summed E-state index contributed by atoms with van der Waals surface area (Å²) < 4.78 is 13.2. The van der Waals surface area contributed by atoms with E-state index in [-0.39, 0.29) is 12.5 Å². The van der Waals surface area contributed by atoms with Crippen molar-refractivity contribution in [1.29, 1.82) is 0 Å². The smallest absolute Gasteiger partial charge is 0.315 e. The summed E-state index contributed by atoms with van der Waals surface area (Å²) in [7, 11) is 0. The maximum Gasteiger partial charge on any atom is 0.332 e.